The van der Waals surface area contributed by atoms with Crippen LogP contribution in [0.15, 0.2) is 41.6 Å². The molecule has 0 aromatic heterocycles. The van der Waals surface area contributed by atoms with Crippen LogP contribution in [0.1, 0.15) is 12.0 Å². The molecule has 0 unspecified atom stereocenters. The molecular weight excluding hydrogens is 253 g/mol. The lowest BCUT2D eigenvalue weighted by molar-refractivity contribution is -0.426. The number of methoxy groups -OCH3 is 1. The Morgan fingerprint density at radius 3 is 2.53 bits per heavy atom. The third-order valence-corrected chi connectivity index (χ3v) is 2.82. The normalized spacial score (nSPS) is 14.3. The summed E-state index contributed by atoms with van der Waals surface area (Å²) in [5.74, 6) is -1.03. The van der Waals surface area contributed by atoms with Crippen LogP contribution in [0.2, 0.25) is 0 Å². The van der Waals surface area contributed by atoms with Gasteiger partial charge >= 0.3 is 5.97 Å². The quantitative estimate of drug-likeness (QED) is 0.476. The smallest absolute Gasteiger partial charge is 0.334 e. The third-order valence-electron chi connectivity index (χ3n) is 2.82. The second-order valence-electron chi connectivity index (χ2n) is 3.96. The number of nitrogens with zero attached hydrogens (tertiary/aromatic N) is 1. The molecule has 1 aliphatic rings. The second-order valence-corrected chi connectivity index (χ2v) is 3.96. The van der Waals surface area contributed by atoms with E-state index >= 15 is 0 Å². The zero-order valence-electron chi connectivity index (χ0n) is 10.1. The number of allylic oxidation sites excluding steroid dienone is 3. The van der Waals surface area contributed by atoms with E-state index in [0.717, 1.165) is 0 Å². The molecule has 0 radical (unpaired) electrons. The summed E-state index contributed by atoms with van der Waals surface area (Å²) < 4.78 is 17.5. The average Bonchev–Trinajstić information content (AvgIpc) is 2.84. The molecule has 0 atom stereocenters. The van der Waals surface area contributed by atoms with Gasteiger partial charge in [0.05, 0.1) is 24.0 Å². The molecule has 98 valence electrons. The summed E-state index contributed by atoms with van der Waals surface area (Å²) in [5, 5.41) is 10.8. The molecule has 0 spiro atoms. The summed E-state index contributed by atoms with van der Waals surface area (Å²) in [7, 11) is 1.21. The van der Waals surface area contributed by atoms with Gasteiger partial charge in [0.1, 0.15) is 5.82 Å². The number of nitro groups is 1. The van der Waals surface area contributed by atoms with Crippen molar-refractivity contribution in [2.24, 2.45) is 0 Å². The maximum Gasteiger partial charge on any atom is 0.334 e. The zero-order chi connectivity index (χ0) is 14.0. The highest BCUT2D eigenvalue weighted by atomic mass is 19.1. The summed E-state index contributed by atoms with van der Waals surface area (Å²) in [5.41, 5.74) is 1.07. The van der Waals surface area contributed by atoms with Gasteiger partial charge in [-0.15, -0.1) is 0 Å². The molecule has 1 aromatic carbocycles. The molecule has 0 fully saturated rings. The number of hydrogen-bond donors (Lipinski definition) is 0. The Bertz CT molecular complexity index is 602. The lowest BCUT2D eigenvalue weighted by Crippen LogP contribution is -2.06. The van der Waals surface area contributed by atoms with Crippen molar-refractivity contribution in [2.75, 3.05) is 7.11 Å². The van der Waals surface area contributed by atoms with Crippen LogP contribution in [0.5, 0.6) is 0 Å². The summed E-state index contributed by atoms with van der Waals surface area (Å²) >= 11 is 0. The average molecular weight is 263 g/mol. The minimum atomic E-state index is -0.618. The number of esters is 1. The molecule has 6 heteroatoms. The van der Waals surface area contributed by atoms with Gasteiger partial charge in [-0.25, -0.2) is 9.18 Å². The molecule has 0 bridgehead atoms. The fourth-order valence-corrected chi connectivity index (χ4v) is 1.89. The van der Waals surface area contributed by atoms with E-state index in [1.165, 1.54) is 37.5 Å². The highest BCUT2D eigenvalue weighted by Crippen LogP contribution is 2.33. The van der Waals surface area contributed by atoms with Crippen LogP contribution in [-0.4, -0.2) is 18.0 Å². The van der Waals surface area contributed by atoms with Crippen LogP contribution in [0.25, 0.3) is 5.57 Å². The Morgan fingerprint density at radius 2 is 2.00 bits per heavy atom. The first-order valence-electron chi connectivity index (χ1n) is 5.45. The topological polar surface area (TPSA) is 69.4 Å². The maximum atomic E-state index is 12.9. The first-order chi connectivity index (χ1) is 9.02. The number of benzene rings is 1. The largest absolute Gasteiger partial charge is 0.466 e. The molecule has 0 heterocycles. The SMILES string of the molecule is COC(=O)C1=C(c2ccc(F)cc2)C=C([N+](=O)[O-])C1. The Balaban J connectivity index is 2.48. The zero-order valence-corrected chi connectivity index (χ0v) is 10.1. The lowest BCUT2D eigenvalue weighted by Gasteiger charge is -2.04. The van der Waals surface area contributed by atoms with Crippen molar-refractivity contribution in [1.82, 2.24) is 0 Å². The van der Waals surface area contributed by atoms with E-state index in [0.29, 0.717) is 11.1 Å². The lowest BCUT2D eigenvalue weighted by atomic mass is 10.0. The van der Waals surface area contributed by atoms with Gasteiger partial charge in [-0.05, 0) is 23.3 Å². The third kappa shape index (κ3) is 2.52. The minimum Gasteiger partial charge on any atom is -0.466 e. The van der Waals surface area contributed by atoms with Crippen molar-refractivity contribution < 1.29 is 18.8 Å². The van der Waals surface area contributed by atoms with E-state index in [1.807, 2.05) is 0 Å². The number of hydrogen-bond acceptors (Lipinski definition) is 4. The maximum absolute atomic E-state index is 12.9. The van der Waals surface area contributed by atoms with Crippen molar-refractivity contribution in [3.05, 3.63) is 63.1 Å². The van der Waals surface area contributed by atoms with Gasteiger partial charge in [0.25, 0.3) is 5.70 Å². The van der Waals surface area contributed by atoms with Crippen molar-refractivity contribution >= 4 is 11.5 Å². The van der Waals surface area contributed by atoms with Gasteiger partial charge in [0.15, 0.2) is 0 Å². The molecular formula is C13H10FNO4. The predicted molar refractivity (Wildman–Crippen MR) is 65.0 cm³/mol. The van der Waals surface area contributed by atoms with Gasteiger partial charge in [0, 0.05) is 6.08 Å². The van der Waals surface area contributed by atoms with Crippen molar-refractivity contribution in [3.8, 4) is 0 Å². The standard InChI is InChI=1S/C13H10FNO4/c1-19-13(16)12-7-10(15(17)18)6-11(12)8-2-4-9(14)5-3-8/h2-6H,7H2,1H3. The molecule has 2 rings (SSSR count). The molecule has 0 saturated carbocycles. The second kappa shape index (κ2) is 5.01. The van der Waals surface area contributed by atoms with Gasteiger partial charge < -0.3 is 4.74 Å². The summed E-state index contributed by atoms with van der Waals surface area (Å²) in [6.07, 6.45) is 1.23. The van der Waals surface area contributed by atoms with Gasteiger partial charge in [-0.3, -0.25) is 10.1 Å². The van der Waals surface area contributed by atoms with Crippen LogP contribution in [0.3, 0.4) is 0 Å². The number of halogens is 1. The van der Waals surface area contributed by atoms with E-state index in [2.05, 4.69) is 4.74 Å². The summed E-state index contributed by atoms with van der Waals surface area (Å²) in [6.45, 7) is 0. The van der Waals surface area contributed by atoms with E-state index < -0.39 is 16.7 Å². The van der Waals surface area contributed by atoms with Gasteiger partial charge in [-0.1, -0.05) is 12.1 Å². The van der Waals surface area contributed by atoms with Crippen LogP contribution in [-0.2, 0) is 9.53 Å². The molecule has 1 aliphatic carbocycles. The van der Waals surface area contributed by atoms with Gasteiger partial charge in [0.2, 0.25) is 0 Å². The molecule has 0 amide bonds. The van der Waals surface area contributed by atoms with E-state index in [9.17, 15) is 19.3 Å². The van der Waals surface area contributed by atoms with E-state index in [4.69, 9.17) is 0 Å². The summed E-state index contributed by atoms with van der Waals surface area (Å²) in [4.78, 5) is 21.9. The monoisotopic (exact) mass is 263 g/mol. The Kier molecular flexibility index (Phi) is 3.41. The molecule has 0 saturated heterocycles. The summed E-state index contributed by atoms with van der Waals surface area (Å²) in [6, 6.07) is 5.39. The van der Waals surface area contributed by atoms with E-state index in [-0.39, 0.29) is 17.7 Å². The molecule has 0 aliphatic heterocycles. The number of carbonyl (C=O) groups excluding carboxylic acids is 1. The highest BCUT2D eigenvalue weighted by molar-refractivity contribution is 6.02. The minimum absolute atomic E-state index is 0.0836. The molecule has 5 nitrogen and oxygen atoms in total. The van der Waals surface area contributed by atoms with Crippen LogP contribution in [0, 0.1) is 15.9 Å². The first kappa shape index (κ1) is 12.9. The fourth-order valence-electron chi connectivity index (χ4n) is 1.89. The fraction of sp³-hybridized carbons (Fsp3) is 0.154. The van der Waals surface area contributed by atoms with Crippen molar-refractivity contribution in [1.29, 1.82) is 0 Å². The highest BCUT2D eigenvalue weighted by Gasteiger charge is 2.29. The van der Waals surface area contributed by atoms with Gasteiger partial charge in [-0.2, -0.15) is 0 Å². The Hall–Kier alpha value is -2.50. The van der Waals surface area contributed by atoms with Crippen LogP contribution >= 0.6 is 0 Å². The number of ether oxygens (including phenoxy) is 1. The van der Waals surface area contributed by atoms with Crippen molar-refractivity contribution in [2.45, 2.75) is 6.42 Å². The Morgan fingerprint density at radius 1 is 1.37 bits per heavy atom. The number of rotatable bonds is 3. The predicted octanol–water partition coefficient (Wildman–Crippen LogP) is 2.32. The first-order valence-corrected chi connectivity index (χ1v) is 5.45. The Labute approximate surface area is 108 Å². The molecule has 0 N–H and O–H groups in total. The molecule has 19 heavy (non-hydrogen) atoms. The number of carbonyl (C=O) groups is 1. The van der Waals surface area contributed by atoms with Crippen LogP contribution in [0.4, 0.5) is 4.39 Å². The van der Waals surface area contributed by atoms with Crippen LogP contribution < -0.4 is 0 Å². The van der Waals surface area contributed by atoms with E-state index in [1.54, 1.807) is 0 Å². The molecule has 1 aromatic rings. The van der Waals surface area contributed by atoms with Crippen molar-refractivity contribution in [3.63, 3.8) is 0 Å².